The summed E-state index contributed by atoms with van der Waals surface area (Å²) in [5.41, 5.74) is 5.50. The van der Waals surface area contributed by atoms with Gasteiger partial charge in [0.05, 0.1) is 0 Å². The van der Waals surface area contributed by atoms with Crippen LogP contribution in [0.2, 0.25) is 0 Å². The van der Waals surface area contributed by atoms with E-state index in [0.717, 1.165) is 13.0 Å². The van der Waals surface area contributed by atoms with Gasteiger partial charge in [-0.2, -0.15) is 0 Å². The standard InChI is InChI=1S/C19H25N/c1-15-11-16(2)13-19(12-15)14-20-17(3)9-10-18-7-5-4-6-8-18/h4-8,11-13,17,20H,9-10,14H2,1-3H3. The van der Waals surface area contributed by atoms with Gasteiger partial charge in [-0.3, -0.25) is 0 Å². The fraction of sp³-hybridized carbons (Fsp3) is 0.368. The van der Waals surface area contributed by atoms with Crippen LogP contribution in [0.3, 0.4) is 0 Å². The largest absolute Gasteiger partial charge is 0.310 e. The summed E-state index contributed by atoms with van der Waals surface area (Å²) in [5.74, 6) is 0. The summed E-state index contributed by atoms with van der Waals surface area (Å²) in [4.78, 5) is 0. The van der Waals surface area contributed by atoms with Gasteiger partial charge in [-0.25, -0.2) is 0 Å². The Bertz CT molecular complexity index is 510. The van der Waals surface area contributed by atoms with E-state index >= 15 is 0 Å². The predicted octanol–water partition coefficient (Wildman–Crippen LogP) is 4.41. The Morgan fingerprint density at radius 1 is 0.900 bits per heavy atom. The predicted molar refractivity (Wildman–Crippen MR) is 87.0 cm³/mol. The zero-order valence-electron chi connectivity index (χ0n) is 12.8. The Kier molecular flexibility index (Phi) is 5.37. The molecule has 1 nitrogen and oxygen atoms in total. The molecule has 0 saturated carbocycles. The zero-order chi connectivity index (χ0) is 14.4. The number of rotatable bonds is 6. The van der Waals surface area contributed by atoms with E-state index in [9.17, 15) is 0 Å². The number of benzene rings is 2. The quantitative estimate of drug-likeness (QED) is 0.817. The molecular formula is C19H25N. The van der Waals surface area contributed by atoms with Crippen molar-refractivity contribution in [1.82, 2.24) is 5.32 Å². The van der Waals surface area contributed by atoms with Crippen LogP contribution in [0.4, 0.5) is 0 Å². The molecule has 0 aliphatic heterocycles. The molecule has 0 aliphatic rings. The summed E-state index contributed by atoms with van der Waals surface area (Å²) in [6.45, 7) is 7.55. The molecule has 0 radical (unpaired) electrons. The molecule has 0 bridgehead atoms. The smallest absolute Gasteiger partial charge is 0.0208 e. The third-order valence-electron chi connectivity index (χ3n) is 3.64. The first-order valence-electron chi connectivity index (χ1n) is 7.48. The summed E-state index contributed by atoms with van der Waals surface area (Å²) >= 11 is 0. The highest BCUT2D eigenvalue weighted by atomic mass is 14.9. The molecule has 2 aromatic carbocycles. The van der Waals surface area contributed by atoms with Crippen molar-refractivity contribution in [2.75, 3.05) is 0 Å². The van der Waals surface area contributed by atoms with Crippen molar-refractivity contribution in [3.63, 3.8) is 0 Å². The van der Waals surface area contributed by atoms with Crippen molar-refractivity contribution in [3.8, 4) is 0 Å². The van der Waals surface area contributed by atoms with Gasteiger partial charge in [0.15, 0.2) is 0 Å². The summed E-state index contributed by atoms with van der Waals surface area (Å²) in [6.07, 6.45) is 2.32. The molecule has 1 heteroatoms. The van der Waals surface area contributed by atoms with Crippen LogP contribution in [0.1, 0.15) is 35.6 Å². The summed E-state index contributed by atoms with van der Waals surface area (Å²) < 4.78 is 0. The minimum atomic E-state index is 0.538. The molecular weight excluding hydrogens is 242 g/mol. The van der Waals surface area contributed by atoms with Crippen LogP contribution in [0.25, 0.3) is 0 Å². The zero-order valence-corrected chi connectivity index (χ0v) is 12.8. The lowest BCUT2D eigenvalue weighted by molar-refractivity contribution is 0.514. The SMILES string of the molecule is Cc1cc(C)cc(CNC(C)CCc2ccccc2)c1. The highest BCUT2D eigenvalue weighted by molar-refractivity contribution is 5.28. The van der Waals surface area contributed by atoms with E-state index in [0.29, 0.717) is 6.04 Å². The Hall–Kier alpha value is -1.60. The Balaban J connectivity index is 1.78. The molecule has 0 aliphatic carbocycles. The molecule has 2 rings (SSSR count). The molecule has 1 atom stereocenters. The third-order valence-corrected chi connectivity index (χ3v) is 3.64. The second-order valence-corrected chi connectivity index (χ2v) is 5.80. The Morgan fingerprint density at radius 3 is 2.20 bits per heavy atom. The van der Waals surface area contributed by atoms with E-state index in [1.807, 2.05) is 0 Å². The molecule has 106 valence electrons. The molecule has 1 N–H and O–H groups in total. The highest BCUT2D eigenvalue weighted by Crippen LogP contribution is 2.10. The van der Waals surface area contributed by atoms with Crippen molar-refractivity contribution in [1.29, 1.82) is 0 Å². The Labute approximate surface area is 123 Å². The Morgan fingerprint density at radius 2 is 1.55 bits per heavy atom. The normalized spacial score (nSPS) is 12.3. The van der Waals surface area contributed by atoms with Gasteiger partial charge in [0.1, 0.15) is 0 Å². The van der Waals surface area contributed by atoms with Crippen molar-refractivity contribution < 1.29 is 0 Å². The fourth-order valence-corrected chi connectivity index (χ4v) is 2.59. The number of aryl methyl sites for hydroxylation is 3. The number of hydrogen-bond donors (Lipinski definition) is 1. The van der Waals surface area contributed by atoms with Crippen LogP contribution in [-0.2, 0) is 13.0 Å². The highest BCUT2D eigenvalue weighted by Gasteiger charge is 2.03. The van der Waals surface area contributed by atoms with Crippen molar-refractivity contribution in [2.24, 2.45) is 0 Å². The van der Waals surface area contributed by atoms with Gasteiger partial charge < -0.3 is 5.32 Å². The van der Waals surface area contributed by atoms with Crippen molar-refractivity contribution in [3.05, 3.63) is 70.8 Å². The summed E-state index contributed by atoms with van der Waals surface area (Å²) in [7, 11) is 0. The van der Waals surface area contributed by atoms with E-state index in [-0.39, 0.29) is 0 Å². The first-order valence-corrected chi connectivity index (χ1v) is 7.48. The van der Waals surface area contributed by atoms with Crippen LogP contribution in [0, 0.1) is 13.8 Å². The summed E-state index contributed by atoms with van der Waals surface area (Å²) in [5, 5.41) is 3.62. The lowest BCUT2D eigenvalue weighted by atomic mass is 10.0. The lowest BCUT2D eigenvalue weighted by Gasteiger charge is -2.14. The maximum atomic E-state index is 3.62. The van der Waals surface area contributed by atoms with E-state index in [1.54, 1.807) is 0 Å². The fourth-order valence-electron chi connectivity index (χ4n) is 2.59. The second-order valence-electron chi connectivity index (χ2n) is 5.80. The third kappa shape index (κ3) is 4.82. The van der Waals surface area contributed by atoms with Crippen molar-refractivity contribution in [2.45, 2.75) is 46.2 Å². The first kappa shape index (κ1) is 14.8. The topological polar surface area (TPSA) is 12.0 Å². The average Bonchev–Trinajstić information content (AvgIpc) is 2.43. The minimum absolute atomic E-state index is 0.538. The van der Waals surface area contributed by atoms with Gasteiger partial charge in [0.25, 0.3) is 0 Å². The van der Waals surface area contributed by atoms with Crippen LogP contribution in [0.5, 0.6) is 0 Å². The van der Waals surface area contributed by atoms with E-state index in [4.69, 9.17) is 0 Å². The molecule has 0 heterocycles. The molecule has 1 unspecified atom stereocenters. The minimum Gasteiger partial charge on any atom is -0.310 e. The van der Waals surface area contributed by atoms with Gasteiger partial charge in [0.2, 0.25) is 0 Å². The second kappa shape index (κ2) is 7.25. The van der Waals surface area contributed by atoms with Crippen LogP contribution < -0.4 is 5.32 Å². The van der Waals surface area contributed by atoms with Gasteiger partial charge in [-0.05, 0) is 44.7 Å². The lowest BCUT2D eigenvalue weighted by Crippen LogP contribution is -2.26. The van der Waals surface area contributed by atoms with Crippen molar-refractivity contribution >= 4 is 0 Å². The number of nitrogens with one attached hydrogen (secondary N) is 1. The number of hydrogen-bond acceptors (Lipinski definition) is 1. The molecule has 0 amide bonds. The maximum absolute atomic E-state index is 3.62. The average molecular weight is 267 g/mol. The van der Waals surface area contributed by atoms with E-state index in [1.165, 1.54) is 28.7 Å². The first-order chi connectivity index (χ1) is 9.63. The van der Waals surface area contributed by atoms with Crippen LogP contribution in [0.15, 0.2) is 48.5 Å². The molecule has 0 fully saturated rings. The van der Waals surface area contributed by atoms with E-state index < -0.39 is 0 Å². The van der Waals surface area contributed by atoms with Gasteiger partial charge in [0, 0.05) is 12.6 Å². The molecule has 20 heavy (non-hydrogen) atoms. The van der Waals surface area contributed by atoms with Crippen LogP contribution >= 0.6 is 0 Å². The van der Waals surface area contributed by atoms with Gasteiger partial charge in [-0.1, -0.05) is 59.7 Å². The molecule has 0 saturated heterocycles. The van der Waals surface area contributed by atoms with E-state index in [2.05, 4.69) is 74.6 Å². The molecule has 2 aromatic rings. The summed E-state index contributed by atoms with van der Waals surface area (Å²) in [6, 6.07) is 18.0. The van der Waals surface area contributed by atoms with Gasteiger partial charge >= 0.3 is 0 Å². The molecule has 0 spiro atoms. The maximum Gasteiger partial charge on any atom is 0.0208 e. The molecule has 0 aromatic heterocycles. The monoisotopic (exact) mass is 267 g/mol. The van der Waals surface area contributed by atoms with Gasteiger partial charge in [-0.15, -0.1) is 0 Å². The van der Waals surface area contributed by atoms with Crippen LogP contribution in [-0.4, -0.2) is 6.04 Å².